The van der Waals surface area contributed by atoms with Crippen molar-refractivity contribution in [3.05, 3.63) is 77.6 Å². The monoisotopic (exact) mass is 466 g/mol. The summed E-state index contributed by atoms with van der Waals surface area (Å²) < 4.78 is 1.83. The fraction of sp³-hybridized carbons (Fsp3) is 0.154. The van der Waals surface area contributed by atoms with Crippen molar-refractivity contribution >= 4 is 51.4 Å². The van der Waals surface area contributed by atoms with E-state index in [0.717, 1.165) is 57.6 Å². The van der Waals surface area contributed by atoms with E-state index in [4.69, 9.17) is 16.6 Å². The van der Waals surface area contributed by atoms with Crippen LogP contribution in [0.2, 0.25) is 5.02 Å². The van der Waals surface area contributed by atoms with Gasteiger partial charge in [0.05, 0.1) is 10.9 Å². The summed E-state index contributed by atoms with van der Waals surface area (Å²) in [5.41, 5.74) is 5.79. The Balaban J connectivity index is 1.31. The molecule has 7 nitrogen and oxygen atoms in total. The molecule has 0 unspecified atom stereocenters. The third-order valence-corrected chi connectivity index (χ3v) is 7.28. The van der Waals surface area contributed by atoms with E-state index < -0.39 is 0 Å². The first-order chi connectivity index (χ1) is 16.5. The van der Waals surface area contributed by atoms with E-state index in [0.29, 0.717) is 10.8 Å². The van der Waals surface area contributed by atoms with Crippen LogP contribution in [0.15, 0.2) is 67.0 Å². The number of amides is 1. The lowest BCUT2D eigenvalue weighted by Gasteiger charge is -2.21. The first-order valence-electron chi connectivity index (χ1n) is 11.1. The van der Waals surface area contributed by atoms with Crippen LogP contribution in [0.3, 0.4) is 0 Å². The van der Waals surface area contributed by atoms with Gasteiger partial charge in [-0.1, -0.05) is 35.9 Å². The van der Waals surface area contributed by atoms with Crippen molar-refractivity contribution in [2.24, 2.45) is 0 Å². The molecule has 0 saturated heterocycles. The van der Waals surface area contributed by atoms with Crippen LogP contribution in [0, 0.1) is 0 Å². The molecule has 3 aromatic carbocycles. The molecule has 2 aliphatic rings. The van der Waals surface area contributed by atoms with Crippen molar-refractivity contribution in [2.75, 3.05) is 17.3 Å². The zero-order valence-corrected chi connectivity index (χ0v) is 19.0. The molecule has 1 fully saturated rings. The molecule has 7 rings (SSSR count). The Labute approximate surface area is 200 Å². The van der Waals surface area contributed by atoms with E-state index in [1.54, 1.807) is 6.33 Å². The van der Waals surface area contributed by atoms with E-state index in [2.05, 4.69) is 51.9 Å². The molecule has 1 amide bonds. The van der Waals surface area contributed by atoms with Gasteiger partial charge in [-0.25, -0.2) is 0 Å². The van der Waals surface area contributed by atoms with E-state index >= 15 is 0 Å². The van der Waals surface area contributed by atoms with Gasteiger partial charge in [0.25, 0.3) is 5.78 Å². The largest absolute Gasteiger partial charge is 0.329 e. The number of nitrogens with zero attached hydrogens (tertiary/aromatic N) is 5. The number of fused-ring (bicyclic) bond motifs is 5. The SMILES string of the molecule is CN(c1cccc(-c2ccc3c(c2)NC(=O)C32CC2)c1)c1nc2nncn2c2cc(Cl)ccc12. The molecule has 0 atom stereocenters. The second-order valence-electron chi connectivity index (χ2n) is 9.00. The zero-order chi connectivity index (χ0) is 23.0. The molecule has 34 heavy (non-hydrogen) atoms. The highest BCUT2D eigenvalue weighted by Crippen LogP contribution is 2.55. The summed E-state index contributed by atoms with van der Waals surface area (Å²) in [6.07, 6.45) is 3.52. The maximum atomic E-state index is 12.4. The number of nitrogens with one attached hydrogen (secondary N) is 1. The molecular formula is C26H19ClN6O. The van der Waals surface area contributed by atoms with Crippen molar-refractivity contribution in [1.29, 1.82) is 0 Å². The first-order valence-corrected chi connectivity index (χ1v) is 11.5. The van der Waals surface area contributed by atoms with Crippen LogP contribution < -0.4 is 10.2 Å². The molecule has 1 aliphatic carbocycles. The van der Waals surface area contributed by atoms with Gasteiger partial charge in [-0.05, 0) is 65.9 Å². The highest BCUT2D eigenvalue weighted by Gasteiger charge is 2.56. The average molecular weight is 467 g/mol. The van der Waals surface area contributed by atoms with Crippen LogP contribution in [0.25, 0.3) is 27.8 Å². The van der Waals surface area contributed by atoms with Gasteiger partial charge in [-0.2, -0.15) is 4.98 Å². The molecule has 5 aromatic rings. The van der Waals surface area contributed by atoms with Crippen LogP contribution >= 0.6 is 11.6 Å². The van der Waals surface area contributed by atoms with Crippen LogP contribution in [0.4, 0.5) is 17.2 Å². The van der Waals surface area contributed by atoms with Crippen LogP contribution in [0.1, 0.15) is 18.4 Å². The number of anilines is 3. The maximum Gasteiger partial charge on any atom is 0.257 e. The summed E-state index contributed by atoms with van der Waals surface area (Å²) in [5.74, 6) is 1.41. The van der Waals surface area contributed by atoms with E-state index in [-0.39, 0.29) is 11.3 Å². The lowest BCUT2D eigenvalue weighted by Crippen LogP contribution is -2.18. The average Bonchev–Trinajstić information content (AvgIpc) is 3.44. The van der Waals surface area contributed by atoms with Crippen molar-refractivity contribution in [3.63, 3.8) is 0 Å². The number of halogens is 1. The maximum absolute atomic E-state index is 12.4. The van der Waals surface area contributed by atoms with E-state index in [1.165, 1.54) is 0 Å². The van der Waals surface area contributed by atoms with Gasteiger partial charge in [0, 0.05) is 28.8 Å². The lowest BCUT2D eigenvalue weighted by molar-refractivity contribution is -0.117. The minimum atomic E-state index is -0.272. The summed E-state index contributed by atoms with van der Waals surface area (Å²) in [5, 5.41) is 12.8. The molecule has 1 N–H and O–H groups in total. The number of hydrogen-bond donors (Lipinski definition) is 1. The Hall–Kier alpha value is -3.97. The van der Waals surface area contributed by atoms with Gasteiger partial charge in [-0.15, -0.1) is 10.2 Å². The van der Waals surface area contributed by atoms with E-state index in [9.17, 15) is 4.79 Å². The Morgan fingerprint density at radius 1 is 1.06 bits per heavy atom. The second-order valence-corrected chi connectivity index (χ2v) is 9.44. The standard InChI is InChI=1S/C26H19ClN6O/c1-32(23-19-7-6-17(27)13-22(19)33-14-28-31-25(33)30-23)18-4-2-3-15(11-18)16-5-8-20-21(12-16)29-24(34)26(20)9-10-26/h2-8,11-14H,9-10H2,1H3,(H,29,34). The highest BCUT2D eigenvalue weighted by atomic mass is 35.5. The normalized spacial score (nSPS) is 15.6. The Morgan fingerprint density at radius 3 is 2.76 bits per heavy atom. The summed E-state index contributed by atoms with van der Waals surface area (Å²) in [6, 6.07) is 20.3. The number of aromatic nitrogens is 4. The number of benzene rings is 3. The summed E-state index contributed by atoms with van der Waals surface area (Å²) >= 11 is 6.28. The summed E-state index contributed by atoms with van der Waals surface area (Å²) in [4.78, 5) is 19.2. The molecule has 3 heterocycles. The second kappa shape index (κ2) is 6.77. The molecule has 0 radical (unpaired) electrons. The first kappa shape index (κ1) is 19.5. The summed E-state index contributed by atoms with van der Waals surface area (Å²) in [7, 11) is 1.99. The van der Waals surface area contributed by atoms with Gasteiger partial charge >= 0.3 is 0 Å². The molecule has 8 heteroatoms. The van der Waals surface area contributed by atoms with Gasteiger partial charge in [0.2, 0.25) is 5.91 Å². The lowest BCUT2D eigenvalue weighted by atomic mass is 9.95. The van der Waals surface area contributed by atoms with Crippen molar-refractivity contribution in [3.8, 4) is 11.1 Å². The number of hydrogen-bond acceptors (Lipinski definition) is 5. The van der Waals surface area contributed by atoms with Gasteiger partial charge < -0.3 is 10.2 Å². The Kier molecular flexibility index (Phi) is 3.88. The van der Waals surface area contributed by atoms with E-state index in [1.807, 2.05) is 40.6 Å². The van der Waals surface area contributed by atoms with Gasteiger partial charge in [-0.3, -0.25) is 9.20 Å². The molecule has 1 aliphatic heterocycles. The fourth-order valence-electron chi connectivity index (χ4n) is 5.03. The third-order valence-electron chi connectivity index (χ3n) is 7.05. The molecule has 1 spiro atoms. The molecule has 166 valence electrons. The van der Waals surface area contributed by atoms with Crippen LogP contribution in [-0.4, -0.2) is 32.5 Å². The smallest absolute Gasteiger partial charge is 0.257 e. The molecule has 2 aromatic heterocycles. The zero-order valence-electron chi connectivity index (χ0n) is 18.3. The number of carbonyl (C=O) groups excluding carboxylic acids is 1. The molecule has 1 saturated carbocycles. The van der Waals surface area contributed by atoms with Crippen molar-refractivity contribution in [2.45, 2.75) is 18.3 Å². The quantitative estimate of drug-likeness (QED) is 0.388. The van der Waals surface area contributed by atoms with Gasteiger partial charge in [0.1, 0.15) is 12.1 Å². The molecule has 0 bridgehead atoms. The minimum Gasteiger partial charge on any atom is -0.329 e. The van der Waals surface area contributed by atoms with Crippen molar-refractivity contribution in [1.82, 2.24) is 19.6 Å². The van der Waals surface area contributed by atoms with Crippen LogP contribution in [0.5, 0.6) is 0 Å². The van der Waals surface area contributed by atoms with Gasteiger partial charge in [0.15, 0.2) is 0 Å². The topological polar surface area (TPSA) is 75.4 Å². The number of carbonyl (C=O) groups is 1. The Bertz CT molecular complexity index is 1650. The fourth-order valence-corrected chi connectivity index (χ4v) is 5.19. The molecular weight excluding hydrogens is 448 g/mol. The van der Waals surface area contributed by atoms with Crippen molar-refractivity contribution < 1.29 is 4.79 Å². The minimum absolute atomic E-state index is 0.134. The predicted molar refractivity (Wildman–Crippen MR) is 133 cm³/mol. The summed E-state index contributed by atoms with van der Waals surface area (Å²) in [6.45, 7) is 0. The number of rotatable bonds is 3. The third kappa shape index (κ3) is 2.70. The predicted octanol–water partition coefficient (Wildman–Crippen LogP) is 5.35. The van der Waals surface area contributed by atoms with Crippen LogP contribution in [-0.2, 0) is 10.2 Å². The Morgan fingerprint density at radius 2 is 1.91 bits per heavy atom. The highest BCUT2D eigenvalue weighted by molar-refractivity contribution is 6.31.